The Bertz CT molecular complexity index is 751. The Kier molecular flexibility index (Phi) is 4.53. The second-order valence-electron chi connectivity index (χ2n) is 6.48. The number of ether oxygens (including phenoxy) is 1. The number of amides is 1. The molecule has 2 atom stereocenters. The average Bonchev–Trinajstić information content (AvgIpc) is 3.17. The van der Waals surface area contributed by atoms with Gasteiger partial charge in [0.05, 0.1) is 23.9 Å². The number of carboxylic acid groups (broad SMARTS) is 1. The zero-order valence-electron chi connectivity index (χ0n) is 13.6. The lowest BCUT2D eigenvalue weighted by Gasteiger charge is -2.27. The van der Waals surface area contributed by atoms with E-state index >= 15 is 0 Å². The summed E-state index contributed by atoms with van der Waals surface area (Å²) in [4.78, 5) is 28.3. The van der Waals surface area contributed by atoms with E-state index in [1.165, 1.54) is 6.92 Å². The van der Waals surface area contributed by atoms with E-state index in [0.717, 1.165) is 17.5 Å². The predicted octanol–water partition coefficient (Wildman–Crippen LogP) is 1.42. The third kappa shape index (κ3) is 3.41. The third-order valence-corrected chi connectivity index (χ3v) is 4.40. The second-order valence-corrected chi connectivity index (χ2v) is 6.48. The first-order valence-corrected chi connectivity index (χ1v) is 8.00. The lowest BCUT2D eigenvalue weighted by molar-refractivity contribution is -0.147. The lowest BCUT2D eigenvalue weighted by Crippen LogP contribution is -2.55. The van der Waals surface area contributed by atoms with Crippen molar-refractivity contribution in [1.82, 2.24) is 14.9 Å². The van der Waals surface area contributed by atoms with Crippen molar-refractivity contribution >= 4 is 22.9 Å². The molecule has 1 saturated heterocycles. The van der Waals surface area contributed by atoms with E-state index < -0.39 is 11.5 Å². The highest BCUT2D eigenvalue weighted by atomic mass is 16.5. The molecule has 2 aromatic rings. The Morgan fingerprint density at radius 2 is 2.25 bits per heavy atom. The maximum atomic E-state index is 12.3. The van der Waals surface area contributed by atoms with Gasteiger partial charge in [0.2, 0.25) is 5.91 Å². The van der Waals surface area contributed by atoms with Crippen molar-refractivity contribution in [2.75, 3.05) is 13.2 Å². The van der Waals surface area contributed by atoms with Crippen LogP contribution in [0.1, 0.15) is 19.8 Å². The third-order valence-electron chi connectivity index (χ3n) is 4.40. The number of nitrogens with one attached hydrogen (secondary N) is 1. The molecule has 0 saturated carbocycles. The van der Waals surface area contributed by atoms with Gasteiger partial charge in [-0.15, -0.1) is 0 Å². The molecule has 1 aliphatic rings. The van der Waals surface area contributed by atoms with Crippen LogP contribution >= 0.6 is 0 Å². The fourth-order valence-corrected chi connectivity index (χ4v) is 3.00. The number of carbonyl (C=O) groups is 2. The van der Waals surface area contributed by atoms with Crippen LogP contribution in [0, 0.1) is 5.92 Å². The Balaban J connectivity index is 1.75. The Morgan fingerprint density at radius 3 is 2.96 bits per heavy atom. The number of fused-ring (bicyclic) bond motifs is 1. The molecule has 1 fully saturated rings. The number of aromatic nitrogens is 2. The number of para-hydroxylation sites is 2. The van der Waals surface area contributed by atoms with E-state index in [-0.39, 0.29) is 24.8 Å². The highest BCUT2D eigenvalue weighted by Crippen LogP contribution is 2.19. The van der Waals surface area contributed by atoms with E-state index in [1.54, 1.807) is 10.9 Å². The van der Waals surface area contributed by atoms with Crippen molar-refractivity contribution in [2.24, 2.45) is 5.92 Å². The molecule has 2 unspecified atom stereocenters. The summed E-state index contributed by atoms with van der Waals surface area (Å²) >= 11 is 0. The van der Waals surface area contributed by atoms with Gasteiger partial charge in [0.25, 0.3) is 0 Å². The van der Waals surface area contributed by atoms with Crippen LogP contribution in [-0.4, -0.2) is 45.3 Å². The molecular formula is C17H21N3O4. The molecule has 7 nitrogen and oxygen atoms in total. The molecule has 2 N–H and O–H groups in total. The topological polar surface area (TPSA) is 93.5 Å². The van der Waals surface area contributed by atoms with Crippen molar-refractivity contribution in [3.05, 3.63) is 30.6 Å². The highest BCUT2D eigenvalue weighted by Gasteiger charge is 2.36. The Morgan fingerprint density at radius 1 is 1.46 bits per heavy atom. The van der Waals surface area contributed by atoms with Gasteiger partial charge in [-0.25, -0.2) is 9.78 Å². The number of hydrogen-bond acceptors (Lipinski definition) is 4. The zero-order valence-corrected chi connectivity index (χ0v) is 13.6. The average molecular weight is 331 g/mol. The van der Waals surface area contributed by atoms with Gasteiger partial charge < -0.3 is 19.7 Å². The molecule has 0 spiro atoms. The first kappa shape index (κ1) is 16.4. The molecule has 1 aromatic carbocycles. The number of nitrogens with zero attached hydrogens (tertiary/aromatic N) is 2. The molecule has 7 heteroatoms. The van der Waals surface area contributed by atoms with Gasteiger partial charge in [-0.2, -0.15) is 0 Å². The highest BCUT2D eigenvalue weighted by molar-refractivity contribution is 5.87. The molecule has 3 rings (SSSR count). The molecule has 0 aliphatic carbocycles. The van der Waals surface area contributed by atoms with Crippen molar-refractivity contribution in [1.29, 1.82) is 0 Å². The van der Waals surface area contributed by atoms with Gasteiger partial charge >= 0.3 is 5.97 Å². The number of carboxylic acids is 1. The minimum absolute atomic E-state index is 0.107. The van der Waals surface area contributed by atoms with Crippen LogP contribution in [0.15, 0.2) is 30.6 Å². The van der Waals surface area contributed by atoms with E-state index in [0.29, 0.717) is 13.2 Å². The van der Waals surface area contributed by atoms with Crippen molar-refractivity contribution in [3.63, 3.8) is 0 Å². The van der Waals surface area contributed by atoms with Gasteiger partial charge in [0, 0.05) is 19.6 Å². The normalized spacial score (nSPS) is 20.0. The van der Waals surface area contributed by atoms with E-state index in [9.17, 15) is 14.7 Å². The van der Waals surface area contributed by atoms with Crippen LogP contribution in [0.2, 0.25) is 0 Å². The monoisotopic (exact) mass is 331 g/mol. The fourth-order valence-electron chi connectivity index (χ4n) is 3.00. The summed E-state index contributed by atoms with van der Waals surface area (Å²) in [5.74, 6) is -1.17. The van der Waals surface area contributed by atoms with Crippen LogP contribution in [-0.2, 0) is 20.9 Å². The quantitative estimate of drug-likeness (QED) is 0.835. The van der Waals surface area contributed by atoms with Crippen LogP contribution in [0.3, 0.4) is 0 Å². The number of carbonyl (C=O) groups excluding carboxylic acids is 1. The summed E-state index contributed by atoms with van der Waals surface area (Å²) in [6.07, 6.45) is 2.72. The maximum absolute atomic E-state index is 12.3. The molecule has 2 heterocycles. The van der Waals surface area contributed by atoms with Crippen LogP contribution < -0.4 is 5.32 Å². The maximum Gasteiger partial charge on any atom is 0.331 e. The summed E-state index contributed by atoms with van der Waals surface area (Å²) in [5, 5.41) is 12.3. The molecular weight excluding hydrogens is 310 g/mol. The standard InChI is InChI=1S/C17H21N3O4/c1-17(16(22)23,19-15(21)8-12-6-7-24-9-12)10-20-11-18-13-4-2-3-5-14(13)20/h2-5,11-12H,6-10H2,1H3,(H,19,21)(H,22,23). The van der Waals surface area contributed by atoms with E-state index in [4.69, 9.17) is 4.74 Å². The lowest BCUT2D eigenvalue weighted by atomic mass is 9.99. The van der Waals surface area contributed by atoms with Gasteiger partial charge in [-0.3, -0.25) is 4.79 Å². The molecule has 1 aromatic heterocycles. The second kappa shape index (κ2) is 6.60. The zero-order chi connectivity index (χ0) is 17.2. The van der Waals surface area contributed by atoms with Crippen LogP contribution in [0.5, 0.6) is 0 Å². The van der Waals surface area contributed by atoms with Crippen molar-refractivity contribution < 1.29 is 19.4 Å². The molecule has 1 amide bonds. The van der Waals surface area contributed by atoms with Gasteiger partial charge in [-0.05, 0) is 31.4 Å². The minimum atomic E-state index is -1.40. The van der Waals surface area contributed by atoms with E-state index in [2.05, 4.69) is 10.3 Å². The summed E-state index contributed by atoms with van der Waals surface area (Å²) < 4.78 is 7.01. The summed E-state index contributed by atoms with van der Waals surface area (Å²) in [6, 6.07) is 7.49. The first-order valence-electron chi connectivity index (χ1n) is 8.00. The number of hydrogen-bond donors (Lipinski definition) is 2. The smallest absolute Gasteiger partial charge is 0.331 e. The van der Waals surface area contributed by atoms with E-state index in [1.807, 2.05) is 24.3 Å². The number of aliphatic carboxylic acids is 1. The molecule has 0 bridgehead atoms. The number of imidazole rings is 1. The summed E-state index contributed by atoms with van der Waals surface area (Å²) in [5.41, 5.74) is 0.225. The Labute approximate surface area is 139 Å². The molecule has 1 aliphatic heterocycles. The molecule has 24 heavy (non-hydrogen) atoms. The first-order chi connectivity index (χ1) is 11.5. The summed E-state index contributed by atoms with van der Waals surface area (Å²) in [6.45, 7) is 2.85. The molecule has 128 valence electrons. The Hall–Kier alpha value is -2.41. The SMILES string of the molecule is CC(Cn1cnc2ccccc21)(NC(=O)CC1CCOC1)C(=O)O. The van der Waals surface area contributed by atoms with Gasteiger partial charge in [-0.1, -0.05) is 12.1 Å². The number of benzene rings is 1. The predicted molar refractivity (Wildman–Crippen MR) is 87.5 cm³/mol. The fraction of sp³-hybridized carbons (Fsp3) is 0.471. The van der Waals surface area contributed by atoms with Crippen LogP contribution in [0.25, 0.3) is 11.0 Å². The van der Waals surface area contributed by atoms with Gasteiger partial charge in [0.1, 0.15) is 0 Å². The van der Waals surface area contributed by atoms with Crippen molar-refractivity contribution in [3.8, 4) is 0 Å². The van der Waals surface area contributed by atoms with Crippen LogP contribution in [0.4, 0.5) is 0 Å². The number of rotatable bonds is 6. The largest absolute Gasteiger partial charge is 0.479 e. The minimum Gasteiger partial charge on any atom is -0.479 e. The van der Waals surface area contributed by atoms with Crippen molar-refractivity contribution in [2.45, 2.75) is 31.8 Å². The summed E-state index contributed by atoms with van der Waals surface area (Å²) in [7, 11) is 0. The molecule has 0 radical (unpaired) electrons. The van der Waals surface area contributed by atoms with Gasteiger partial charge in [0.15, 0.2) is 5.54 Å².